The van der Waals surface area contributed by atoms with Gasteiger partial charge < -0.3 is 16.2 Å². The normalized spacial score (nSPS) is 20.0. The van der Waals surface area contributed by atoms with Crippen LogP contribution >= 0.6 is 0 Å². The van der Waals surface area contributed by atoms with Gasteiger partial charge in [0.25, 0.3) is 0 Å². The third-order valence-corrected chi connectivity index (χ3v) is 4.01. The number of amides is 1. The molecule has 0 bridgehead atoms. The van der Waals surface area contributed by atoms with Gasteiger partial charge in [-0.15, -0.1) is 0 Å². The van der Waals surface area contributed by atoms with Gasteiger partial charge in [-0.3, -0.25) is 9.69 Å². The van der Waals surface area contributed by atoms with Gasteiger partial charge in [0.15, 0.2) is 0 Å². The molecule has 1 saturated heterocycles. The lowest BCUT2D eigenvalue weighted by Crippen LogP contribution is -2.39. The van der Waals surface area contributed by atoms with E-state index in [0.717, 1.165) is 31.5 Å². The predicted molar refractivity (Wildman–Crippen MR) is 85.0 cm³/mol. The number of hydrogen-bond donors (Lipinski definition) is 3. The molecular formula is C16H25N3O2. The summed E-state index contributed by atoms with van der Waals surface area (Å²) in [5, 5.41) is 12.3. The maximum Gasteiger partial charge on any atom is 0.225 e. The molecule has 1 aliphatic heterocycles. The largest absolute Gasteiger partial charge is 0.399 e. The van der Waals surface area contributed by atoms with Gasteiger partial charge in [-0.25, -0.2) is 0 Å². The third-order valence-electron chi connectivity index (χ3n) is 4.01. The average Bonchev–Trinajstić information content (AvgIpc) is 2.70. The molecular weight excluding hydrogens is 266 g/mol. The molecule has 1 unspecified atom stereocenters. The molecule has 1 heterocycles. The summed E-state index contributed by atoms with van der Waals surface area (Å²) in [6.45, 7) is 1.84. The summed E-state index contributed by atoms with van der Waals surface area (Å²) in [5.41, 5.74) is 7.06. The fraction of sp³-hybridized carbons (Fsp3) is 0.562. The van der Waals surface area contributed by atoms with Crippen molar-refractivity contribution in [2.24, 2.45) is 0 Å². The SMILES string of the molecule is Nc1cccc(NC(=O)CCN2CCCCCC2CO)c1. The lowest BCUT2D eigenvalue weighted by atomic mass is 10.1. The van der Waals surface area contributed by atoms with Crippen molar-refractivity contribution in [2.75, 3.05) is 30.7 Å². The average molecular weight is 291 g/mol. The van der Waals surface area contributed by atoms with Crippen LogP contribution in [0.1, 0.15) is 32.1 Å². The summed E-state index contributed by atoms with van der Waals surface area (Å²) in [4.78, 5) is 14.2. The van der Waals surface area contributed by atoms with Crippen LogP contribution in [0.4, 0.5) is 11.4 Å². The Bertz CT molecular complexity index is 465. The Morgan fingerprint density at radius 1 is 1.38 bits per heavy atom. The summed E-state index contributed by atoms with van der Waals surface area (Å²) in [6, 6.07) is 7.39. The van der Waals surface area contributed by atoms with E-state index in [1.165, 1.54) is 6.42 Å². The molecule has 1 amide bonds. The lowest BCUT2D eigenvalue weighted by molar-refractivity contribution is -0.116. The summed E-state index contributed by atoms with van der Waals surface area (Å²) in [7, 11) is 0. The van der Waals surface area contributed by atoms with Crippen molar-refractivity contribution in [3.63, 3.8) is 0 Å². The van der Waals surface area contributed by atoms with E-state index in [1.54, 1.807) is 12.1 Å². The Morgan fingerprint density at radius 2 is 2.24 bits per heavy atom. The second kappa shape index (κ2) is 8.00. The number of nitrogens with zero attached hydrogens (tertiary/aromatic N) is 1. The minimum Gasteiger partial charge on any atom is -0.399 e. The molecule has 0 spiro atoms. The van der Waals surface area contributed by atoms with Crippen LogP contribution in [0.2, 0.25) is 0 Å². The Morgan fingerprint density at radius 3 is 3.00 bits per heavy atom. The number of rotatable bonds is 5. The zero-order valence-corrected chi connectivity index (χ0v) is 12.4. The van der Waals surface area contributed by atoms with E-state index < -0.39 is 0 Å². The number of anilines is 2. The highest BCUT2D eigenvalue weighted by atomic mass is 16.3. The van der Waals surface area contributed by atoms with Gasteiger partial charge in [0.1, 0.15) is 0 Å². The molecule has 0 aromatic heterocycles. The van der Waals surface area contributed by atoms with Gasteiger partial charge in [-0.2, -0.15) is 0 Å². The standard InChI is InChI=1S/C16H25N3O2/c17-13-5-4-6-14(11-13)18-16(21)8-10-19-9-3-1-2-7-15(19)12-20/h4-6,11,15,20H,1-3,7-10,12,17H2,(H,18,21). The third kappa shape index (κ3) is 5.02. The smallest absolute Gasteiger partial charge is 0.225 e. The molecule has 5 heteroatoms. The number of likely N-dealkylation sites (tertiary alicyclic amines) is 1. The van der Waals surface area contributed by atoms with Crippen LogP contribution in [0.5, 0.6) is 0 Å². The number of nitrogens with two attached hydrogens (primary N) is 1. The van der Waals surface area contributed by atoms with Crippen LogP contribution in [0.25, 0.3) is 0 Å². The molecule has 116 valence electrons. The number of aliphatic hydroxyl groups is 1. The zero-order valence-electron chi connectivity index (χ0n) is 12.4. The monoisotopic (exact) mass is 291 g/mol. The molecule has 5 nitrogen and oxygen atoms in total. The first-order valence-corrected chi connectivity index (χ1v) is 7.69. The lowest BCUT2D eigenvalue weighted by Gasteiger charge is -2.28. The minimum atomic E-state index is -0.0125. The van der Waals surface area contributed by atoms with E-state index in [4.69, 9.17) is 5.73 Å². The second-order valence-corrected chi connectivity index (χ2v) is 5.65. The van der Waals surface area contributed by atoms with Crippen molar-refractivity contribution >= 4 is 17.3 Å². The van der Waals surface area contributed by atoms with Crippen LogP contribution in [-0.2, 0) is 4.79 Å². The number of carbonyl (C=O) groups is 1. The minimum absolute atomic E-state index is 0.0125. The van der Waals surface area contributed by atoms with Crippen LogP contribution in [0.3, 0.4) is 0 Å². The van der Waals surface area contributed by atoms with Crippen molar-refractivity contribution in [1.82, 2.24) is 4.90 Å². The fourth-order valence-electron chi connectivity index (χ4n) is 2.82. The van der Waals surface area contributed by atoms with E-state index in [0.29, 0.717) is 18.7 Å². The van der Waals surface area contributed by atoms with E-state index in [2.05, 4.69) is 10.2 Å². The van der Waals surface area contributed by atoms with Gasteiger partial charge in [0.05, 0.1) is 6.61 Å². The summed E-state index contributed by atoms with van der Waals surface area (Å²) >= 11 is 0. The van der Waals surface area contributed by atoms with E-state index in [1.807, 2.05) is 12.1 Å². The molecule has 1 atom stereocenters. The van der Waals surface area contributed by atoms with Crippen LogP contribution in [0.15, 0.2) is 24.3 Å². The van der Waals surface area contributed by atoms with Gasteiger partial charge in [0, 0.05) is 30.4 Å². The molecule has 1 fully saturated rings. The van der Waals surface area contributed by atoms with Crippen molar-refractivity contribution in [3.05, 3.63) is 24.3 Å². The molecule has 4 N–H and O–H groups in total. The highest BCUT2D eigenvalue weighted by Gasteiger charge is 2.20. The Hall–Kier alpha value is -1.59. The van der Waals surface area contributed by atoms with Gasteiger partial charge >= 0.3 is 0 Å². The van der Waals surface area contributed by atoms with Crippen LogP contribution < -0.4 is 11.1 Å². The second-order valence-electron chi connectivity index (χ2n) is 5.65. The summed E-state index contributed by atoms with van der Waals surface area (Å²) in [5.74, 6) is -0.0125. The Labute approximate surface area is 126 Å². The quantitative estimate of drug-likeness (QED) is 0.723. The number of aliphatic hydroxyl groups excluding tert-OH is 1. The van der Waals surface area contributed by atoms with E-state index in [-0.39, 0.29) is 18.6 Å². The van der Waals surface area contributed by atoms with Crippen molar-refractivity contribution in [2.45, 2.75) is 38.1 Å². The van der Waals surface area contributed by atoms with Gasteiger partial charge in [-0.1, -0.05) is 18.9 Å². The Balaban J connectivity index is 1.82. The van der Waals surface area contributed by atoms with Gasteiger partial charge in [-0.05, 0) is 37.6 Å². The number of hydrogen-bond acceptors (Lipinski definition) is 4. The van der Waals surface area contributed by atoms with E-state index >= 15 is 0 Å². The first-order chi connectivity index (χ1) is 10.2. The maximum atomic E-state index is 12.0. The van der Waals surface area contributed by atoms with Crippen LogP contribution in [-0.4, -0.2) is 41.7 Å². The molecule has 0 aliphatic carbocycles. The molecule has 2 rings (SSSR count). The van der Waals surface area contributed by atoms with Crippen molar-refractivity contribution in [1.29, 1.82) is 0 Å². The molecule has 0 saturated carbocycles. The number of benzene rings is 1. The fourth-order valence-corrected chi connectivity index (χ4v) is 2.82. The topological polar surface area (TPSA) is 78.6 Å². The van der Waals surface area contributed by atoms with E-state index in [9.17, 15) is 9.90 Å². The number of carbonyl (C=O) groups excluding carboxylic acids is 1. The number of nitrogen functional groups attached to an aromatic ring is 1. The molecule has 21 heavy (non-hydrogen) atoms. The maximum absolute atomic E-state index is 12.0. The molecule has 1 aromatic rings. The highest BCUT2D eigenvalue weighted by molar-refractivity contribution is 5.91. The molecule has 1 aliphatic rings. The highest BCUT2D eigenvalue weighted by Crippen LogP contribution is 2.17. The van der Waals surface area contributed by atoms with Crippen molar-refractivity contribution in [3.8, 4) is 0 Å². The number of nitrogens with one attached hydrogen (secondary N) is 1. The molecule has 0 radical (unpaired) electrons. The van der Waals surface area contributed by atoms with Crippen LogP contribution in [0, 0.1) is 0 Å². The first-order valence-electron chi connectivity index (χ1n) is 7.69. The predicted octanol–water partition coefficient (Wildman–Crippen LogP) is 1.83. The Kier molecular flexibility index (Phi) is 6.02. The zero-order chi connectivity index (χ0) is 15.1. The summed E-state index contributed by atoms with van der Waals surface area (Å²) in [6.07, 6.45) is 4.98. The van der Waals surface area contributed by atoms with Crippen molar-refractivity contribution < 1.29 is 9.90 Å². The summed E-state index contributed by atoms with van der Waals surface area (Å²) < 4.78 is 0. The molecule has 1 aromatic carbocycles. The first kappa shape index (κ1) is 15.8. The van der Waals surface area contributed by atoms with Gasteiger partial charge in [0.2, 0.25) is 5.91 Å².